The molecular weight excluding hydrogens is 264 g/mol. The van der Waals surface area contributed by atoms with Crippen LogP contribution in [0, 0.1) is 6.92 Å². The predicted molar refractivity (Wildman–Crippen MR) is 85.1 cm³/mol. The molecule has 0 radical (unpaired) electrons. The van der Waals surface area contributed by atoms with Crippen molar-refractivity contribution in [1.82, 2.24) is 10.3 Å². The SMILES string of the molecule is Cc1csc(CNC2CCC(c3ccccc3)CC2)n1. The Kier molecular flexibility index (Phi) is 4.48. The lowest BCUT2D eigenvalue weighted by atomic mass is 9.82. The van der Waals surface area contributed by atoms with Crippen LogP contribution in [0.15, 0.2) is 35.7 Å². The van der Waals surface area contributed by atoms with Crippen LogP contribution in [0.1, 0.15) is 47.9 Å². The Labute approximate surface area is 125 Å². The summed E-state index contributed by atoms with van der Waals surface area (Å²) >= 11 is 1.76. The summed E-state index contributed by atoms with van der Waals surface area (Å²) in [5, 5.41) is 7.01. The van der Waals surface area contributed by atoms with Crippen LogP contribution in [0.4, 0.5) is 0 Å². The molecule has 1 aromatic heterocycles. The minimum Gasteiger partial charge on any atom is -0.308 e. The molecule has 0 amide bonds. The molecule has 0 unspecified atom stereocenters. The molecule has 2 nitrogen and oxygen atoms in total. The summed E-state index contributed by atoms with van der Waals surface area (Å²) in [5.41, 5.74) is 2.65. The third-order valence-electron chi connectivity index (χ3n) is 4.21. The number of thiazole rings is 1. The van der Waals surface area contributed by atoms with Gasteiger partial charge in [0, 0.05) is 23.7 Å². The minimum atomic E-state index is 0.666. The molecule has 1 aliphatic rings. The fraction of sp³-hybridized carbons (Fsp3) is 0.471. The van der Waals surface area contributed by atoms with Gasteiger partial charge >= 0.3 is 0 Å². The van der Waals surface area contributed by atoms with Gasteiger partial charge in [0.1, 0.15) is 5.01 Å². The number of benzene rings is 1. The number of aryl methyl sites for hydroxylation is 1. The second kappa shape index (κ2) is 6.51. The van der Waals surface area contributed by atoms with E-state index in [1.165, 1.54) is 36.3 Å². The largest absolute Gasteiger partial charge is 0.308 e. The number of nitrogens with zero attached hydrogens (tertiary/aromatic N) is 1. The van der Waals surface area contributed by atoms with Gasteiger partial charge in [-0.25, -0.2) is 4.98 Å². The predicted octanol–water partition coefficient (Wildman–Crippen LogP) is 4.27. The molecule has 106 valence electrons. The first kappa shape index (κ1) is 13.8. The van der Waals surface area contributed by atoms with E-state index >= 15 is 0 Å². The number of hydrogen-bond donors (Lipinski definition) is 1. The van der Waals surface area contributed by atoms with Gasteiger partial charge in [0.15, 0.2) is 0 Å². The second-order valence-electron chi connectivity index (χ2n) is 5.72. The van der Waals surface area contributed by atoms with Crippen molar-refractivity contribution in [3.05, 3.63) is 52.0 Å². The number of aromatic nitrogens is 1. The van der Waals surface area contributed by atoms with E-state index in [1.54, 1.807) is 11.3 Å². The van der Waals surface area contributed by atoms with E-state index in [0.29, 0.717) is 6.04 Å². The zero-order valence-electron chi connectivity index (χ0n) is 12.0. The van der Waals surface area contributed by atoms with E-state index in [0.717, 1.165) is 18.2 Å². The maximum absolute atomic E-state index is 4.51. The molecule has 1 aliphatic carbocycles. The zero-order valence-corrected chi connectivity index (χ0v) is 12.8. The summed E-state index contributed by atoms with van der Waals surface area (Å²) in [5.74, 6) is 0.761. The third kappa shape index (κ3) is 3.47. The lowest BCUT2D eigenvalue weighted by molar-refractivity contribution is 0.341. The smallest absolute Gasteiger partial charge is 0.107 e. The fourth-order valence-electron chi connectivity index (χ4n) is 3.07. The van der Waals surface area contributed by atoms with Gasteiger partial charge in [0.05, 0.1) is 0 Å². The average molecular weight is 286 g/mol. The van der Waals surface area contributed by atoms with E-state index in [1.807, 2.05) is 0 Å². The standard InChI is InChI=1S/C17H22N2S/c1-13-12-20-17(19-13)11-18-16-9-7-15(8-10-16)14-5-3-2-4-6-14/h2-6,12,15-16,18H,7-11H2,1H3. The molecular formula is C17H22N2S. The highest BCUT2D eigenvalue weighted by molar-refractivity contribution is 7.09. The van der Waals surface area contributed by atoms with E-state index in [9.17, 15) is 0 Å². The summed E-state index contributed by atoms with van der Waals surface area (Å²) in [7, 11) is 0. The lowest BCUT2D eigenvalue weighted by Gasteiger charge is -2.29. The third-order valence-corrected chi connectivity index (χ3v) is 5.17. The van der Waals surface area contributed by atoms with Crippen LogP contribution >= 0.6 is 11.3 Å². The van der Waals surface area contributed by atoms with Gasteiger partial charge < -0.3 is 5.32 Å². The van der Waals surface area contributed by atoms with E-state index in [2.05, 4.69) is 52.9 Å². The maximum atomic E-state index is 4.51. The highest BCUT2D eigenvalue weighted by atomic mass is 32.1. The summed E-state index contributed by atoms with van der Waals surface area (Å²) < 4.78 is 0. The Morgan fingerprint density at radius 1 is 1.15 bits per heavy atom. The molecule has 2 aromatic rings. The van der Waals surface area contributed by atoms with Crippen molar-refractivity contribution >= 4 is 11.3 Å². The maximum Gasteiger partial charge on any atom is 0.107 e. The van der Waals surface area contributed by atoms with Crippen LogP contribution in [-0.4, -0.2) is 11.0 Å². The summed E-state index contributed by atoms with van der Waals surface area (Å²) in [4.78, 5) is 4.51. The van der Waals surface area contributed by atoms with E-state index in [4.69, 9.17) is 0 Å². The molecule has 0 saturated heterocycles. The first-order chi connectivity index (χ1) is 9.81. The van der Waals surface area contributed by atoms with Crippen molar-refractivity contribution in [1.29, 1.82) is 0 Å². The van der Waals surface area contributed by atoms with Crippen molar-refractivity contribution in [3.8, 4) is 0 Å². The number of nitrogens with one attached hydrogen (secondary N) is 1. The Morgan fingerprint density at radius 2 is 1.90 bits per heavy atom. The highest BCUT2D eigenvalue weighted by Gasteiger charge is 2.21. The van der Waals surface area contributed by atoms with Gasteiger partial charge in [-0.2, -0.15) is 0 Å². The van der Waals surface area contributed by atoms with Gasteiger partial charge in [0.2, 0.25) is 0 Å². The minimum absolute atomic E-state index is 0.666. The summed E-state index contributed by atoms with van der Waals surface area (Å²) in [6.07, 6.45) is 5.17. The van der Waals surface area contributed by atoms with Crippen molar-refractivity contribution in [2.45, 2.75) is 51.1 Å². The molecule has 0 bridgehead atoms. The molecule has 3 rings (SSSR count). The molecule has 20 heavy (non-hydrogen) atoms. The van der Waals surface area contributed by atoms with E-state index in [-0.39, 0.29) is 0 Å². The lowest BCUT2D eigenvalue weighted by Crippen LogP contribution is -2.32. The summed E-state index contributed by atoms with van der Waals surface area (Å²) in [6, 6.07) is 11.6. The Bertz CT molecular complexity index is 527. The number of hydrogen-bond acceptors (Lipinski definition) is 3. The van der Waals surface area contributed by atoms with Crippen molar-refractivity contribution in [3.63, 3.8) is 0 Å². The first-order valence-electron chi connectivity index (χ1n) is 7.50. The van der Waals surface area contributed by atoms with Crippen LogP contribution in [0.25, 0.3) is 0 Å². The van der Waals surface area contributed by atoms with Crippen molar-refractivity contribution in [2.24, 2.45) is 0 Å². The molecule has 0 spiro atoms. The Morgan fingerprint density at radius 3 is 2.55 bits per heavy atom. The normalized spacial score (nSPS) is 22.9. The Hall–Kier alpha value is -1.19. The van der Waals surface area contributed by atoms with Crippen LogP contribution in [0.2, 0.25) is 0 Å². The fourth-order valence-corrected chi connectivity index (χ4v) is 3.79. The van der Waals surface area contributed by atoms with Gasteiger partial charge in [-0.1, -0.05) is 30.3 Å². The van der Waals surface area contributed by atoms with Crippen LogP contribution in [0.5, 0.6) is 0 Å². The quantitative estimate of drug-likeness (QED) is 0.908. The zero-order chi connectivity index (χ0) is 13.8. The van der Waals surface area contributed by atoms with Crippen LogP contribution < -0.4 is 5.32 Å². The van der Waals surface area contributed by atoms with Crippen molar-refractivity contribution in [2.75, 3.05) is 0 Å². The molecule has 1 N–H and O–H groups in total. The monoisotopic (exact) mass is 286 g/mol. The molecule has 0 aliphatic heterocycles. The van der Waals surface area contributed by atoms with Gasteiger partial charge in [-0.3, -0.25) is 0 Å². The molecule has 1 fully saturated rings. The Balaban J connectivity index is 1.47. The second-order valence-corrected chi connectivity index (χ2v) is 6.67. The van der Waals surface area contributed by atoms with Gasteiger partial charge in [0.25, 0.3) is 0 Å². The van der Waals surface area contributed by atoms with E-state index < -0.39 is 0 Å². The first-order valence-corrected chi connectivity index (χ1v) is 8.38. The topological polar surface area (TPSA) is 24.9 Å². The summed E-state index contributed by atoms with van der Waals surface area (Å²) in [6.45, 7) is 2.99. The van der Waals surface area contributed by atoms with Crippen LogP contribution in [0.3, 0.4) is 0 Å². The highest BCUT2D eigenvalue weighted by Crippen LogP contribution is 2.32. The van der Waals surface area contributed by atoms with Gasteiger partial charge in [-0.15, -0.1) is 11.3 Å². The molecule has 1 aromatic carbocycles. The average Bonchev–Trinajstić information content (AvgIpc) is 2.92. The van der Waals surface area contributed by atoms with Crippen LogP contribution in [-0.2, 0) is 6.54 Å². The molecule has 1 saturated carbocycles. The molecule has 0 atom stereocenters. The van der Waals surface area contributed by atoms with Crippen molar-refractivity contribution < 1.29 is 0 Å². The number of rotatable bonds is 4. The van der Waals surface area contributed by atoms with Gasteiger partial charge in [-0.05, 0) is 44.1 Å². The molecule has 1 heterocycles. The molecule has 3 heteroatoms.